The Morgan fingerprint density at radius 3 is 2.36 bits per heavy atom. The number of nitrogens with one attached hydrogen (secondary N) is 1. The van der Waals surface area contributed by atoms with Crippen molar-refractivity contribution in [1.29, 1.82) is 0 Å². The lowest BCUT2D eigenvalue weighted by molar-refractivity contribution is -0.125. The number of amides is 1. The Kier molecular flexibility index (Phi) is 6.44. The van der Waals surface area contributed by atoms with Crippen molar-refractivity contribution in [3.8, 4) is 11.5 Å². The first-order valence-electron chi connectivity index (χ1n) is 8.50. The molecule has 1 amide bonds. The highest BCUT2D eigenvalue weighted by Crippen LogP contribution is 2.29. The summed E-state index contributed by atoms with van der Waals surface area (Å²) in [5.74, 6) is 2.05. The number of methoxy groups -OCH3 is 2. The number of ether oxygens (including phenoxy) is 2. The van der Waals surface area contributed by atoms with E-state index in [0.29, 0.717) is 11.5 Å². The standard InChI is InChI=1S/C19H27N3O3/c1-6-7-13(2)19(23)21-17(18-20-8-9-22(18)3)14-10-15(24-4)12-16(11-14)25-5/h8-13,17H,6-7H2,1-5H3,(H,21,23). The summed E-state index contributed by atoms with van der Waals surface area (Å²) in [6, 6.07) is 5.22. The third-order valence-electron chi connectivity index (χ3n) is 4.28. The maximum atomic E-state index is 12.6. The van der Waals surface area contributed by atoms with Crippen molar-refractivity contribution in [2.45, 2.75) is 32.7 Å². The van der Waals surface area contributed by atoms with Crippen molar-refractivity contribution in [1.82, 2.24) is 14.9 Å². The Morgan fingerprint density at radius 1 is 1.24 bits per heavy atom. The molecule has 136 valence electrons. The number of carbonyl (C=O) groups excluding carboxylic acids is 1. The average Bonchev–Trinajstić information content (AvgIpc) is 3.04. The first-order valence-corrected chi connectivity index (χ1v) is 8.50. The predicted octanol–water partition coefficient (Wildman–Crippen LogP) is 3.08. The number of hydrogen-bond acceptors (Lipinski definition) is 4. The van der Waals surface area contributed by atoms with E-state index in [1.165, 1.54) is 0 Å². The molecule has 2 aromatic rings. The molecule has 1 aromatic heterocycles. The average molecular weight is 345 g/mol. The number of benzene rings is 1. The van der Waals surface area contributed by atoms with Gasteiger partial charge < -0.3 is 19.4 Å². The normalized spacial score (nSPS) is 13.2. The topological polar surface area (TPSA) is 65.4 Å². The third-order valence-corrected chi connectivity index (χ3v) is 4.28. The van der Waals surface area contributed by atoms with Crippen LogP contribution in [0.1, 0.15) is 44.1 Å². The van der Waals surface area contributed by atoms with E-state index in [1.54, 1.807) is 26.5 Å². The largest absolute Gasteiger partial charge is 0.497 e. The van der Waals surface area contributed by atoms with Crippen LogP contribution < -0.4 is 14.8 Å². The number of imidazole rings is 1. The lowest BCUT2D eigenvalue weighted by Gasteiger charge is -2.22. The van der Waals surface area contributed by atoms with Crippen molar-refractivity contribution >= 4 is 5.91 Å². The quantitative estimate of drug-likeness (QED) is 0.798. The number of rotatable bonds is 8. The molecule has 2 rings (SSSR count). The summed E-state index contributed by atoms with van der Waals surface area (Å²) in [5.41, 5.74) is 0.863. The molecule has 0 bridgehead atoms. The summed E-state index contributed by atoms with van der Waals surface area (Å²) in [4.78, 5) is 17.0. The molecule has 25 heavy (non-hydrogen) atoms. The van der Waals surface area contributed by atoms with Crippen LogP contribution in [0.4, 0.5) is 0 Å². The zero-order valence-corrected chi connectivity index (χ0v) is 15.6. The molecule has 0 fully saturated rings. The first-order chi connectivity index (χ1) is 12.0. The van der Waals surface area contributed by atoms with Crippen LogP contribution in [-0.4, -0.2) is 29.7 Å². The fourth-order valence-corrected chi connectivity index (χ4v) is 2.80. The van der Waals surface area contributed by atoms with E-state index in [1.807, 2.05) is 36.9 Å². The van der Waals surface area contributed by atoms with Gasteiger partial charge in [0.15, 0.2) is 0 Å². The van der Waals surface area contributed by atoms with Crippen LogP contribution >= 0.6 is 0 Å². The number of nitrogens with zero attached hydrogens (tertiary/aromatic N) is 2. The van der Waals surface area contributed by atoms with Crippen molar-refractivity contribution in [3.05, 3.63) is 42.0 Å². The molecule has 6 heteroatoms. The predicted molar refractivity (Wildman–Crippen MR) is 96.8 cm³/mol. The van der Waals surface area contributed by atoms with Crippen LogP contribution in [-0.2, 0) is 11.8 Å². The van der Waals surface area contributed by atoms with E-state index in [4.69, 9.17) is 9.47 Å². The number of hydrogen-bond donors (Lipinski definition) is 1. The Bertz CT molecular complexity index is 689. The summed E-state index contributed by atoms with van der Waals surface area (Å²) in [6.45, 7) is 4.02. The maximum absolute atomic E-state index is 12.6. The van der Waals surface area contributed by atoms with E-state index in [2.05, 4.69) is 17.2 Å². The summed E-state index contributed by atoms with van der Waals surface area (Å²) >= 11 is 0. The van der Waals surface area contributed by atoms with Crippen LogP contribution in [0.5, 0.6) is 11.5 Å². The van der Waals surface area contributed by atoms with E-state index in [9.17, 15) is 4.79 Å². The lowest BCUT2D eigenvalue weighted by Crippen LogP contribution is -2.34. The van der Waals surface area contributed by atoms with Crippen LogP contribution in [0.3, 0.4) is 0 Å². The van der Waals surface area contributed by atoms with Crippen LogP contribution in [0.15, 0.2) is 30.6 Å². The van der Waals surface area contributed by atoms with Gasteiger partial charge in [-0.05, 0) is 24.1 Å². The second-order valence-corrected chi connectivity index (χ2v) is 6.17. The number of carbonyl (C=O) groups is 1. The number of aryl methyl sites for hydroxylation is 1. The first kappa shape index (κ1) is 18.8. The van der Waals surface area contributed by atoms with E-state index < -0.39 is 0 Å². The van der Waals surface area contributed by atoms with Gasteiger partial charge in [-0.25, -0.2) is 4.98 Å². The highest BCUT2D eigenvalue weighted by atomic mass is 16.5. The molecule has 1 aromatic carbocycles. The van der Waals surface area contributed by atoms with Gasteiger partial charge in [-0.1, -0.05) is 20.3 Å². The SMILES string of the molecule is CCCC(C)C(=O)NC(c1cc(OC)cc(OC)c1)c1nccn1C. The highest BCUT2D eigenvalue weighted by molar-refractivity contribution is 5.79. The van der Waals surface area contributed by atoms with Gasteiger partial charge in [-0.2, -0.15) is 0 Å². The Labute approximate surface area is 149 Å². The summed E-state index contributed by atoms with van der Waals surface area (Å²) in [5, 5.41) is 3.13. The molecule has 0 aliphatic rings. The highest BCUT2D eigenvalue weighted by Gasteiger charge is 2.24. The molecule has 0 aliphatic carbocycles. The molecule has 0 radical (unpaired) electrons. The van der Waals surface area contributed by atoms with E-state index in [-0.39, 0.29) is 17.9 Å². The van der Waals surface area contributed by atoms with Gasteiger partial charge in [0.25, 0.3) is 0 Å². The van der Waals surface area contributed by atoms with Crippen molar-refractivity contribution < 1.29 is 14.3 Å². The van der Waals surface area contributed by atoms with Crippen LogP contribution in [0, 0.1) is 5.92 Å². The number of aromatic nitrogens is 2. The van der Waals surface area contributed by atoms with Crippen molar-refractivity contribution in [2.24, 2.45) is 13.0 Å². The molecule has 2 atom stereocenters. The smallest absolute Gasteiger partial charge is 0.223 e. The van der Waals surface area contributed by atoms with Crippen LogP contribution in [0.2, 0.25) is 0 Å². The molecule has 1 N–H and O–H groups in total. The molecular weight excluding hydrogens is 318 g/mol. The summed E-state index contributed by atoms with van der Waals surface area (Å²) < 4.78 is 12.6. The molecular formula is C19H27N3O3. The molecule has 0 saturated heterocycles. The maximum Gasteiger partial charge on any atom is 0.223 e. The minimum atomic E-state index is -0.379. The molecule has 0 aliphatic heterocycles. The zero-order valence-electron chi connectivity index (χ0n) is 15.6. The van der Waals surface area contributed by atoms with Crippen molar-refractivity contribution in [3.63, 3.8) is 0 Å². The minimum absolute atomic E-state index is 0.0108. The fourth-order valence-electron chi connectivity index (χ4n) is 2.80. The molecule has 2 unspecified atom stereocenters. The van der Waals surface area contributed by atoms with E-state index in [0.717, 1.165) is 24.2 Å². The monoisotopic (exact) mass is 345 g/mol. The van der Waals surface area contributed by atoms with E-state index >= 15 is 0 Å². The molecule has 0 spiro atoms. The lowest BCUT2D eigenvalue weighted by atomic mass is 10.0. The Hall–Kier alpha value is -2.50. The van der Waals surface area contributed by atoms with Crippen LogP contribution in [0.25, 0.3) is 0 Å². The fraction of sp³-hybridized carbons (Fsp3) is 0.474. The van der Waals surface area contributed by atoms with Gasteiger partial charge in [0, 0.05) is 31.4 Å². The van der Waals surface area contributed by atoms with Crippen molar-refractivity contribution in [2.75, 3.05) is 14.2 Å². The van der Waals surface area contributed by atoms with Gasteiger partial charge in [0.05, 0.1) is 14.2 Å². The van der Waals surface area contributed by atoms with Gasteiger partial charge in [-0.3, -0.25) is 4.79 Å². The van der Waals surface area contributed by atoms with Gasteiger partial charge in [0.1, 0.15) is 23.4 Å². The third kappa shape index (κ3) is 4.53. The van der Waals surface area contributed by atoms with Gasteiger partial charge in [-0.15, -0.1) is 0 Å². The van der Waals surface area contributed by atoms with Gasteiger partial charge in [0.2, 0.25) is 5.91 Å². The minimum Gasteiger partial charge on any atom is -0.497 e. The summed E-state index contributed by atoms with van der Waals surface area (Å²) in [7, 11) is 5.13. The Balaban J connectivity index is 2.42. The Morgan fingerprint density at radius 2 is 1.88 bits per heavy atom. The van der Waals surface area contributed by atoms with Gasteiger partial charge >= 0.3 is 0 Å². The molecule has 6 nitrogen and oxygen atoms in total. The molecule has 0 saturated carbocycles. The second kappa shape index (κ2) is 8.55. The molecule has 1 heterocycles. The zero-order chi connectivity index (χ0) is 18.4. The second-order valence-electron chi connectivity index (χ2n) is 6.17. The summed E-state index contributed by atoms with van der Waals surface area (Å²) in [6.07, 6.45) is 5.40.